The minimum atomic E-state index is -3.54. The molecule has 0 fully saturated rings. The first-order valence-corrected chi connectivity index (χ1v) is 9.11. The van der Waals surface area contributed by atoms with Gasteiger partial charge in [0.05, 0.1) is 10.3 Å². The molecule has 0 aliphatic rings. The molecule has 1 aromatic heterocycles. The van der Waals surface area contributed by atoms with Gasteiger partial charge in [-0.1, -0.05) is 11.8 Å². The molecule has 1 amide bonds. The Bertz CT molecular complexity index is 846. The number of rotatable bonds is 4. The van der Waals surface area contributed by atoms with Crippen LogP contribution in [0.3, 0.4) is 0 Å². The van der Waals surface area contributed by atoms with E-state index in [4.69, 9.17) is 5.73 Å². The van der Waals surface area contributed by atoms with Gasteiger partial charge in [0, 0.05) is 11.1 Å². The van der Waals surface area contributed by atoms with Gasteiger partial charge in [-0.25, -0.2) is 8.42 Å². The number of halogens is 1. The molecule has 1 heterocycles. The molecule has 3 N–H and O–H groups in total. The zero-order valence-electron chi connectivity index (χ0n) is 11.2. The van der Waals surface area contributed by atoms with Crippen LogP contribution in [-0.2, 0) is 10.0 Å². The van der Waals surface area contributed by atoms with Gasteiger partial charge in [-0.3, -0.25) is 4.79 Å². The lowest BCUT2D eigenvalue weighted by Crippen LogP contribution is -2.23. The fourth-order valence-corrected chi connectivity index (χ4v) is 4.49. The Kier molecular flexibility index (Phi) is 5.37. The molecule has 0 saturated heterocycles. The van der Waals surface area contributed by atoms with E-state index >= 15 is 0 Å². The van der Waals surface area contributed by atoms with Crippen LogP contribution in [0.15, 0.2) is 44.4 Å². The molecule has 2 aromatic rings. The number of benzene rings is 1. The summed E-state index contributed by atoms with van der Waals surface area (Å²) >= 11 is 4.35. The van der Waals surface area contributed by atoms with Crippen LogP contribution in [0.2, 0.25) is 0 Å². The number of nitrogens with one attached hydrogen (secondary N) is 1. The largest absolute Gasteiger partial charge is 0.366 e. The van der Waals surface area contributed by atoms with Crippen molar-refractivity contribution in [3.05, 3.63) is 51.3 Å². The van der Waals surface area contributed by atoms with E-state index < -0.39 is 15.9 Å². The monoisotopic (exact) mass is 398 g/mol. The van der Waals surface area contributed by atoms with Crippen molar-refractivity contribution in [1.29, 1.82) is 0 Å². The van der Waals surface area contributed by atoms with E-state index in [2.05, 4.69) is 32.5 Å². The Morgan fingerprint density at radius 3 is 2.45 bits per heavy atom. The van der Waals surface area contributed by atoms with Gasteiger partial charge < -0.3 is 5.73 Å². The van der Waals surface area contributed by atoms with Crippen LogP contribution < -0.4 is 10.5 Å². The Hall–Kier alpha value is -1.66. The maximum absolute atomic E-state index is 11.9. The molecule has 0 bridgehead atoms. The zero-order valence-corrected chi connectivity index (χ0v) is 14.4. The molecule has 0 aliphatic heterocycles. The first-order valence-electron chi connectivity index (χ1n) is 6.02. The van der Waals surface area contributed by atoms with Crippen LogP contribution >= 0.6 is 27.3 Å². The standard InChI is InChI=1S/C14H11BrN2O3S2/c15-12-7-8-13(21-12)22(19,20)17-9-1-2-10-3-5-11(6-4-10)14(16)18/h3-8,17H,9H2,(H2,16,18). The summed E-state index contributed by atoms with van der Waals surface area (Å²) in [6.45, 7) is -0.00454. The molecule has 0 radical (unpaired) electrons. The number of amides is 1. The number of hydrogen-bond donors (Lipinski definition) is 2. The summed E-state index contributed by atoms with van der Waals surface area (Å²) in [6.07, 6.45) is 0. The minimum Gasteiger partial charge on any atom is -0.366 e. The predicted octanol–water partition coefficient (Wildman–Crippen LogP) is 1.94. The molecular formula is C14H11BrN2O3S2. The molecule has 2 rings (SSSR count). The van der Waals surface area contributed by atoms with Crippen LogP contribution in [0.25, 0.3) is 0 Å². The minimum absolute atomic E-state index is 0.00454. The number of sulfonamides is 1. The van der Waals surface area contributed by atoms with Crippen molar-refractivity contribution in [3.8, 4) is 11.8 Å². The molecular weight excluding hydrogens is 388 g/mol. The second-order valence-corrected chi connectivity index (χ2v) is 8.58. The summed E-state index contributed by atoms with van der Waals surface area (Å²) < 4.78 is 27.2. The lowest BCUT2D eigenvalue weighted by atomic mass is 10.1. The molecule has 0 aliphatic carbocycles. The molecule has 8 heteroatoms. The van der Waals surface area contributed by atoms with Crippen molar-refractivity contribution >= 4 is 43.2 Å². The number of carbonyl (C=O) groups is 1. The Morgan fingerprint density at radius 1 is 1.23 bits per heavy atom. The highest BCUT2D eigenvalue weighted by Crippen LogP contribution is 2.25. The number of thiophene rings is 1. The zero-order chi connectivity index (χ0) is 16.2. The highest BCUT2D eigenvalue weighted by atomic mass is 79.9. The molecule has 5 nitrogen and oxygen atoms in total. The summed E-state index contributed by atoms with van der Waals surface area (Å²) in [5, 5.41) is 0. The second kappa shape index (κ2) is 7.07. The third kappa shape index (κ3) is 4.42. The lowest BCUT2D eigenvalue weighted by Gasteiger charge is -1.99. The van der Waals surface area contributed by atoms with Gasteiger partial charge in [0.15, 0.2) is 0 Å². The van der Waals surface area contributed by atoms with Gasteiger partial charge in [0.2, 0.25) is 5.91 Å². The van der Waals surface area contributed by atoms with Gasteiger partial charge in [0.1, 0.15) is 4.21 Å². The topological polar surface area (TPSA) is 89.3 Å². The van der Waals surface area contributed by atoms with Crippen molar-refractivity contribution < 1.29 is 13.2 Å². The van der Waals surface area contributed by atoms with Gasteiger partial charge >= 0.3 is 0 Å². The number of nitrogens with two attached hydrogens (primary N) is 1. The third-order valence-corrected chi connectivity index (χ3v) is 6.08. The lowest BCUT2D eigenvalue weighted by molar-refractivity contribution is 0.100. The van der Waals surface area contributed by atoms with Crippen LogP contribution in [0, 0.1) is 11.8 Å². The molecule has 0 atom stereocenters. The van der Waals surface area contributed by atoms with Crippen molar-refractivity contribution in [1.82, 2.24) is 4.72 Å². The van der Waals surface area contributed by atoms with Crippen molar-refractivity contribution in [3.63, 3.8) is 0 Å². The average molecular weight is 399 g/mol. The second-order valence-electron chi connectivity index (χ2n) is 4.13. The summed E-state index contributed by atoms with van der Waals surface area (Å²) in [5.41, 5.74) is 6.20. The quantitative estimate of drug-likeness (QED) is 0.771. The third-order valence-electron chi connectivity index (χ3n) is 2.57. The Balaban J connectivity index is 1.98. The summed E-state index contributed by atoms with van der Waals surface area (Å²) in [7, 11) is -3.54. The van der Waals surface area contributed by atoms with Gasteiger partial charge in [0.25, 0.3) is 10.0 Å². The van der Waals surface area contributed by atoms with E-state index in [1.807, 2.05) is 0 Å². The summed E-state index contributed by atoms with van der Waals surface area (Å²) in [4.78, 5) is 10.9. The maximum Gasteiger partial charge on any atom is 0.250 e. The first-order chi connectivity index (χ1) is 10.4. The normalized spacial score (nSPS) is 10.8. The van der Waals surface area contributed by atoms with Crippen molar-refractivity contribution in [2.45, 2.75) is 4.21 Å². The van der Waals surface area contributed by atoms with E-state index in [1.165, 1.54) is 6.07 Å². The summed E-state index contributed by atoms with van der Waals surface area (Å²) in [6, 6.07) is 9.63. The van der Waals surface area contributed by atoms with Crippen LogP contribution in [0.5, 0.6) is 0 Å². The fraction of sp³-hybridized carbons (Fsp3) is 0.0714. The number of carbonyl (C=O) groups excluding carboxylic acids is 1. The Morgan fingerprint density at radius 2 is 1.91 bits per heavy atom. The molecule has 114 valence electrons. The average Bonchev–Trinajstić information content (AvgIpc) is 2.92. The summed E-state index contributed by atoms with van der Waals surface area (Å²) in [5.74, 6) is 5.02. The molecule has 1 aromatic carbocycles. The highest BCUT2D eigenvalue weighted by Gasteiger charge is 2.14. The van der Waals surface area contributed by atoms with Gasteiger partial charge in [-0.2, -0.15) is 4.72 Å². The fourth-order valence-electron chi connectivity index (χ4n) is 1.51. The van der Waals surface area contributed by atoms with E-state index in [0.29, 0.717) is 11.1 Å². The Labute approximate surface area is 140 Å². The molecule has 0 saturated carbocycles. The smallest absolute Gasteiger partial charge is 0.250 e. The van der Waals surface area contributed by atoms with E-state index in [1.54, 1.807) is 30.3 Å². The number of hydrogen-bond acceptors (Lipinski definition) is 4. The van der Waals surface area contributed by atoms with Crippen molar-refractivity contribution in [2.24, 2.45) is 5.73 Å². The van der Waals surface area contributed by atoms with E-state index in [9.17, 15) is 13.2 Å². The predicted molar refractivity (Wildman–Crippen MR) is 89.0 cm³/mol. The van der Waals surface area contributed by atoms with Crippen LogP contribution in [0.1, 0.15) is 15.9 Å². The van der Waals surface area contributed by atoms with Crippen molar-refractivity contribution in [2.75, 3.05) is 6.54 Å². The molecule has 0 spiro atoms. The first kappa shape index (κ1) is 16.7. The molecule has 22 heavy (non-hydrogen) atoms. The van der Waals surface area contributed by atoms with E-state index in [-0.39, 0.29) is 10.8 Å². The number of primary amides is 1. The van der Waals surface area contributed by atoms with E-state index in [0.717, 1.165) is 15.1 Å². The molecule has 0 unspecified atom stereocenters. The van der Waals surface area contributed by atoms with Crippen LogP contribution in [0.4, 0.5) is 0 Å². The SMILES string of the molecule is NC(=O)c1ccc(C#CCNS(=O)(=O)c2ccc(Br)s2)cc1. The van der Waals surface area contributed by atoms with Crippen LogP contribution in [-0.4, -0.2) is 20.9 Å². The highest BCUT2D eigenvalue weighted by molar-refractivity contribution is 9.11. The van der Waals surface area contributed by atoms with Gasteiger partial charge in [-0.15, -0.1) is 11.3 Å². The maximum atomic E-state index is 11.9. The van der Waals surface area contributed by atoms with Gasteiger partial charge in [-0.05, 0) is 52.3 Å².